The number of carbonyl (C=O) groups is 1. The van der Waals surface area contributed by atoms with Gasteiger partial charge >= 0.3 is 5.97 Å². The van der Waals surface area contributed by atoms with Crippen molar-refractivity contribution < 1.29 is 18.3 Å². The summed E-state index contributed by atoms with van der Waals surface area (Å²) in [6.45, 7) is 2.58. The molecule has 0 amide bonds. The molecule has 104 valence electrons. The molecule has 0 atom stereocenters. The summed E-state index contributed by atoms with van der Waals surface area (Å²) in [6, 6.07) is 1.83. The van der Waals surface area contributed by atoms with Gasteiger partial charge in [-0.1, -0.05) is 0 Å². The van der Waals surface area contributed by atoms with Crippen molar-refractivity contribution in [1.82, 2.24) is 14.5 Å². The number of nitrogens with zero attached hydrogens (tertiary/aromatic N) is 3. The number of aryl methyl sites for hydroxylation is 1. The SMILES string of the molecule is Cc1nn(CC(=O)O)c(C)c1S(=O)(=O)NCCC#N. The number of sulfonamides is 1. The Morgan fingerprint density at radius 1 is 1.53 bits per heavy atom. The van der Waals surface area contributed by atoms with Crippen LogP contribution in [0.4, 0.5) is 0 Å². The lowest BCUT2D eigenvalue weighted by Crippen LogP contribution is -2.25. The number of hydrogen-bond acceptors (Lipinski definition) is 5. The van der Waals surface area contributed by atoms with Crippen molar-refractivity contribution in [3.63, 3.8) is 0 Å². The molecule has 0 aromatic carbocycles. The highest BCUT2D eigenvalue weighted by Gasteiger charge is 2.24. The van der Waals surface area contributed by atoms with E-state index in [0.29, 0.717) is 0 Å². The minimum absolute atomic E-state index is 0.00181. The van der Waals surface area contributed by atoms with Gasteiger partial charge in [-0.25, -0.2) is 13.1 Å². The number of nitrogens with one attached hydrogen (secondary N) is 1. The first kappa shape index (κ1) is 15.1. The molecule has 0 unspecified atom stereocenters. The molecule has 2 N–H and O–H groups in total. The standard InChI is InChI=1S/C10H14N4O4S/c1-7-10(19(17,18)12-5-3-4-11)8(2)14(13-7)6-9(15)16/h12H,3,5-6H2,1-2H3,(H,15,16). The maximum Gasteiger partial charge on any atom is 0.325 e. The Hall–Kier alpha value is -1.92. The van der Waals surface area contributed by atoms with Gasteiger partial charge in [0.2, 0.25) is 10.0 Å². The number of carboxylic acids is 1. The van der Waals surface area contributed by atoms with Crippen LogP contribution in [0.1, 0.15) is 17.8 Å². The van der Waals surface area contributed by atoms with Gasteiger partial charge in [0.25, 0.3) is 0 Å². The molecular formula is C10H14N4O4S. The smallest absolute Gasteiger partial charge is 0.325 e. The van der Waals surface area contributed by atoms with E-state index in [-0.39, 0.29) is 29.2 Å². The van der Waals surface area contributed by atoms with Crippen LogP contribution >= 0.6 is 0 Å². The van der Waals surface area contributed by atoms with Gasteiger partial charge in [-0.2, -0.15) is 10.4 Å². The van der Waals surface area contributed by atoms with Crippen LogP contribution in [0.5, 0.6) is 0 Å². The van der Waals surface area contributed by atoms with E-state index in [1.54, 1.807) is 0 Å². The summed E-state index contributed by atoms with van der Waals surface area (Å²) < 4.78 is 27.4. The summed E-state index contributed by atoms with van der Waals surface area (Å²) in [5.41, 5.74) is 0.479. The lowest BCUT2D eigenvalue weighted by Gasteiger charge is -2.05. The van der Waals surface area contributed by atoms with E-state index >= 15 is 0 Å². The van der Waals surface area contributed by atoms with Gasteiger partial charge in [-0.05, 0) is 13.8 Å². The average Bonchev–Trinajstić information content (AvgIpc) is 2.53. The highest BCUT2D eigenvalue weighted by molar-refractivity contribution is 7.89. The molecule has 0 radical (unpaired) electrons. The van der Waals surface area contributed by atoms with Crippen LogP contribution in [0.3, 0.4) is 0 Å². The van der Waals surface area contributed by atoms with Crippen LogP contribution in [0.25, 0.3) is 0 Å². The van der Waals surface area contributed by atoms with Crippen molar-refractivity contribution >= 4 is 16.0 Å². The lowest BCUT2D eigenvalue weighted by atomic mass is 10.4. The summed E-state index contributed by atoms with van der Waals surface area (Å²) in [7, 11) is -3.79. The molecule has 0 aliphatic heterocycles. The van der Waals surface area contributed by atoms with E-state index < -0.39 is 22.5 Å². The molecule has 1 heterocycles. The molecular weight excluding hydrogens is 272 g/mol. The minimum atomic E-state index is -3.79. The van der Waals surface area contributed by atoms with Crippen molar-refractivity contribution in [3.8, 4) is 6.07 Å². The predicted molar refractivity (Wildman–Crippen MR) is 64.8 cm³/mol. The predicted octanol–water partition coefficient (Wildman–Crippen LogP) is -0.223. The zero-order chi connectivity index (χ0) is 14.6. The molecule has 8 nitrogen and oxygen atoms in total. The maximum absolute atomic E-state index is 12.0. The number of carboxylic acid groups (broad SMARTS) is 1. The van der Waals surface area contributed by atoms with E-state index in [0.717, 1.165) is 4.68 Å². The highest BCUT2D eigenvalue weighted by Crippen LogP contribution is 2.19. The zero-order valence-corrected chi connectivity index (χ0v) is 11.4. The van der Waals surface area contributed by atoms with Gasteiger partial charge in [-0.3, -0.25) is 9.48 Å². The first-order valence-corrected chi connectivity index (χ1v) is 6.90. The van der Waals surface area contributed by atoms with Crippen molar-refractivity contribution in [2.75, 3.05) is 6.54 Å². The van der Waals surface area contributed by atoms with Crippen LogP contribution in [0.2, 0.25) is 0 Å². The Morgan fingerprint density at radius 3 is 2.68 bits per heavy atom. The Labute approximate surface area is 110 Å². The van der Waals surface area contributed by atoms with Gasteiger partial charge in [0, 0.05) is 13.0 Å². The van der Waals surface area contributed by atoms with E-state index in [1.165, 1.54) is 13.8 Å². The van der Waals surface area contributed by atoms with Crippen molar-refractivity contribution in [3.05, 3.63) is 11.4 Å². The minimum Gasteiger partial charge on any atom is -0.480 e. The second kappa shape index (κ2) is 5.81. The third kappa shape index (κ3) is 3.52. The Balaban J connectivity index is 3.10. The van der Waals surface area contributed by atoms with Gasteiger partial charge in [0.15, 0.2) is 0 Å². The maximum atomic E-state index is 12.0. The molecule has 0 fully saturated rings. The molecule has 0 spiro atoms. The highest BCUT2D eigenvalue weighted by atomic mass is 32.2. The molecule has 0 aliphatic carbocycles. The molecule has 0 aliphatic rings. The van der Waals surface area contributed by atoms with Gasteiger partial charge in [0.1, 0.15) is 11.4 Å². The van der Waals surface area contributed by atoms with Gasteiger partial charge in [-0.15, -0.1) is 0 Å². The molecule has 19 heavy (non-hydrogen) atoms. The third-order valence-corrected chi connectivity index (χ3v) is 4.11. The molecule has 1 aromatic heterocycles. The molecule has 9 heteroatoms. The Morgan fingerprint density at radius 2 is 2.16 bits per heavy atom. The number of aliphatic carboxylic acids is 1. The van der Waals surface area contributed by atoms with E-state index in [4.69, 9.17) is 10.4 Å². The summed E-state index contributed by atoms with van der Waals surface area (Å²) in [4.78, 5) is 10.6. The monoisotopic (exact) mass is 286 g/mol. The van der Waals surface area contributed by atoms with Crippen LogP contribution in [-0.4, -0.2) is 35.8 Å². The van der Waals surface area contributed by atoms with Crippen molar-refractivity contribution in [2.24, 2.45) is 0 Å². The number of aromatic nitrogens is 2. The Bertz CT molecular complexity index is 627. The zero-order valence-electron chi connectivity index (χ0n) is 10.5. The second-order valence-corrected chi connectivity index (χ2v) is 5.56. The number of hydrogen-bond donors (Lipinski definition) is 2. The summed E-state index contributed by atoms with van der Waals surface area (Å²) >= 11 is 0. The molecule has 0 saturated carbocycles. The topological polar surface area (TPSA) is 125 Å². The van der Waals surface area contributed by atoms with Gasteiger partial charge in [0.05, 0.1) is 17.5 Å². The first-order chi connectivity index (χ1) is 8.79. The fraction of sp³-hybridized carbons (Fsp3) is 0.500. The molecule has 1 rings (SSSR count). The van der Waals surface area contributed by atoms with Crippen molar-refractivity contribution in [1.29, 1.82) is 5.26 Å². The van der Waals surface area contributed by atoms with Gasteiger partial charge < -0.3 is 5.11 Å². The second-order valence-electron chi connectivity index (χ2n) is 3.86. The molecule has 0 bridgehead atoms. The van der Waals surface area contributed by atoms with E-state index in [2.05, 4.69) is 9.82 Å². The number of rotatable bonds is 6. The van der Waals surface area contributed by atoms with Crippen LogP contribution < -0.4 is 4.72 Å². The summed E-state index contributed by atoms with van der Waals surface area (Å²) in [5, 5.41) is 21.0. The largest absolute Gasteiger partial charge is 0.480 e. The third-order valence-electron chi connectivity index (χ3n) is 2.40. The van der Waals surface area contributed by atoms with Crippen molar-refractivity contribution in [2.45, 2.75) is 31.7 Å². The van der Waals surface area contributed by atoms with E-state index in [9.17, 15) is 13.2 Å². The quantitative estimate of drug-likeness (QED) is 0.696. The Kier molecular flexibility index (Phi) is 4.63. The van der Waals surface area contributed by atoms with E-state index in [1.807, 2.05) is 6.07 Å². The summed E-state index contributed by atoms with van der Waals surface area (Å²) in [6.07, 6.45) is 0.0561. The van der Waals surface area contributed by atoms with Crippen LogP contribution in [0, 0.1) is 25.2 Å². The lowest BCUT2D eigenvalue weighted by molar-refractivity contribution is -0.137. The number of nitriles is 1. The van der Waals surface area contributed by atoms with Crippen LogP contribution in [0.15, 0.2) is 4.90 Å². The average molecular weight is 286 g/mol. The summed E-state index contributed by atoms with van der Waals surface area (Å²) in [5.74, 6) is -1.10. The molecule has 1 aromatic rings. The normalized spacial score (nSPS) is 11.2. The molecule has 0 saturated heterocycles. The van der Waals surface area contributed by atoms with Crippen LogP contribution in [-0.2, 0) is 21.4 Å². The fourth-order valence-electron chi connectivity index (χ4n) is 1.66. The first-order valence-electron chi connectivity index (χ1n) is 5.42. The fourth-order valence-corrected chi connectivity index (χ4v) is 3.10.